The van der Waals surface area contributed by atoms with E-state index in [1.807, 2.05) is 0 Å². The van der Waals surface area contributed by atoms with Crippen molar-refractivity contribution in [2.45, 2.75) is 56.0 Å². The molecule has 5 nitrogen and oxygen atoms in total. The maximum atomic E-state index is 12.2. The van der Waals surface area contributed by atoms with Crippen molar-refractivity contribution >= 4 is 15.7 Å². The van der Waals surface area contributed by atoms with Gasteiger partial charge in [-0.2, -0.15) is 0 Å². The first-order chi connectivity index (χ1) is 7.80. The zero-order valence-corrected chi connectivity index (χ0v) is 11.0. The third-order valence-corrected chi connectivity index (χ3v) is 5.44. The summed E-state index contributed by atoms with van der Waals surface area (Å²) >= 11 is 0. The van der Waals surface area contributed by atoms with Gasteiger partial charge in [-0.3, -0.25) is 4.79 Å². The van der Waals surface area contributed by atoms with Gasteiger partial charge in [0.25, 0.3) is 0 Å². The van der Waals surface area contributed by atoms with Gasteiger partial charge in [-0.15, -0.1) is 0 Å². The highest BCUT2D eigenvalue weighted by molar-refractivity contribution is 7.92. The maximum Gasteiger partial charge on any atom is 0.241 e. The summed E-state index contributed by atoms with van der Waals surface area (Å²) in [6, 6.07) is 0.0564. The second kappa shape index (κ2) is 4.24. The molecule has 2 aliphatic heterocycles. The van der Waals surface area contributed by atoms with E-state index in [1.54, 1.807) is 4.90 Å². The van der Waals surface area contributed by atoms with Gasteiger partial charge in [0.1, 0.15) is 5.25 Å². The standard InChI is InChI=1S/C11H19NO4S/c1-7(17(2,15)16)11(14)12-8-3-4-9(12)6-10(13)5-8/h7-10,13H,3-6H2,1-2H3. The number of rotatable bonds is 2. The molecule has 2 saturated heterocycles. The zero-order valence-electron chi connectivity index (χ0n) is 10.2. The molecule has 98 valence electrons. The third kappa shape index (κ3) is 2.33. The van der Waals surface area contributed by atoms with E-state index in [4.69, 9.17) is 0 Å². The molecule has 1 amide bonds. The zero-order chi connectivity index (χ0) is 12.8. The predicted octanol–water partition coefficient (Wildman–Crippen LogP) is -0.0662. The molecule has 6 heteroatoms. The van der Waals surface area contributed by atoms with Crippen LogP contribution in [0.5, 0.6) is 0 Å². The van der Waals surface area contributed by atoms with E-state index in [9.17, 15) is 18.3 Å². The third-order valence-electron chi connectivity index (χ3n) is 3.95. The number of hydrogen-bond donors (Lipinski definition) is 1. The van der Waals surface area contributed by atoms with E-state index in [0.717, 1.165) is 19.1 Å². The number of piperidine rings is 1. The SMILES string of the molecule is CC(C(=O)N1C2CCC1CC(O)C2)S(C)(=O)=O. The van der Waals surface area contributed by atoms with Crippen LogP contribution in [0.1, 0.15) is 32.6 Å². The van der Waals surface area contributed by atoms with Gasteiger partial charge in [-0.1, -0.05) is 0 Å². The van der Waals surface area contributed by atoms with Crippen molar-refractivity contribution in [1.82, 2.24) is 4.90 Å². The van der Waals surface area contributed by atoms with Gasteiger partial charge < -0.3 is 10.0 Å². The Hall–Kier alpha value is -0.620. The molecule has 2 fully saturated rings. The number of sulfone groups is 1. The van der Waals surface area contributed by atoms with Crippen molar-refractivity contribution in [3.8, 4) is 0 Å². The largest absolute Gasteiger partial charge is 0.393 e. The van der Waals surface area contributed by atoms with Crippen LogP contribution in [-0.2, 0) is 14.6 Å². The van der Waals surface area contributed by atoms with Gasteiger partial charge in [-0.25, -0.2) is 8.42 Å². The van der Waals surface area contributed by atoms with Crippen LogP contribution < -0.4 is 0 Å². The van der Waals surface area contributed by atoms with Crippen molar-refractivity contribution < 1.29 is 18.3 Å². The van der Waals surface area contributed by atoms with E-state index in [2.05, 4.69) is 0 Å². The first kappa shape index (κ1) is 12.8. The Balaban J connectivity index is 2.17. The normalized spacial score (nSPS) is 34.8. The Morgan fingerprint density at radius 1 is 1.29 bits per heavy atom. The fraction of sp³-hybridized carbons (Fsp3) is 0.909. The molecule has 0 aliphatic carbocycles. The highest BCUT2D eigenvalue weighted by Gasteiger charge is 2.45. The fourth-order valence-corrected chi connectivity index (χ4v) is 3.39. The minimum atomic E-state index is -3.34. The number of carbonyl (C=O) groups is 1. The van der Waals surface area contributed by atoms with E-state index in [1.165, 1.54) is 6.92 Å². The topological polar surface area (TPSA) is 74.7 Å². The summed E-state index contributed by atoms with van der Waals surface area (Å²) in [7, 11) is -3.34. The van der Waals surface area contributed by atoms with E-state index in [0.29, 0.717) is 12.8 Å². The average Bonchev–Trinajstić information content (AvgIpc) is 2.47. The summed E-state index contributed by atoms with van der Waals surface area (Å²) in [6.07, 6.45) is 3.67. The van der Waals surface area contributed by atoms with Crippen LogP contribution in [0.3, 0.4) is 0 Å². The first-order valence-electron chi connectivity index (χ1n) is 6.00. The Morgan fingerprint density at radius 3 is 2.18 bits per heavy atom. The molecule has 1 N–H and O–H groups in total. The lowest BCUT2D eigenvalue weighted by Gasteiger charge is -2.38. The number of fused-ring (bicyclic) bond motifs is 2. The van der Waals surface area contributed by atoms with Gasteiger partial charge in [-0.05, 0) is 32.6 Å². The minimum Gasteiger partial charge on any atom is -0.393 e. The van der Waals surface area contributed by atoms with Crippen molar-refractivity contribution in [2.75, 3.05) is 6.26 Å². The molecule has 0 spiro atoms. The number of amides is 1. The van der Waals surface area contributed by atoms with E-state index < -0.39 is 15.1 Å². The van der Waals surface area contributed by atoms with Crippen LogP contribution in [0, 0.1) is 0 Å². The Labute approximate surface area is 102 Å². The predicted molar refractivity (Wildman–Crippen MR) is 63.2 cm³/mol. The number of nitrogens with zero attached hydrogens (tertiary/aromatic N) is 1. The highest BCUT2D eigenvalue weighted by Crippen LogP contribution is 2.36. The number of aliphatic hydroxyl groups excluding tert-OH is 1. The fourth-order valence-electron chi connectivity index (χ4n) is 2.90. The molecule has 2 bridgehead atoms. The van der Waals surface area contributed by atoms with Gasteiger partial charge >= 0.3 is 0 Å². The molecule has 0 saturated carbocycles. The van der Waals surface area contributed by atoms with Crippen LogP contribution >= 0.6 is 0 Å². The van der Waals surface area contributed by atoms with Crippen LogP contribution in [0.2, 0.25) is 0 Å². The molecule has 17 heavy (non-hydrogen) atoms. The van der Waals surface area contributed by atoms with Gasteiger partial charge in [0.2, 0.25) is 5.91 Å². The Kier molecular flexibility index (Phi) is 3.20. The van der Waals surface area contributed by atoms with Crippen molar-refractivity contribution in [3.05, 3.63) is 0 Å². The summed E-state index contributed by atoms with van der Waals surface area (Å²) in [5.41, 5.74) is 0. The summed E-state index contributed by atoms with van der Waals surface area (Å²) in [5.74, 6) is -0.299. The van der Waals surface area contributed by atoms with Gasteiger partial charge in [0.05, 0.1) is 6.10 Å². The molecule has 0 aromatic carbocycles. The smallest absolute Gasteiger partial charge is 0.241 e. The Bertz CT molecular complexity index is 405. The maximum absolute atomic E-state index is 12.2. The molecular formula is C11H19NO4S. The Morgan fingerprint density at radius 2 is 1.76 bits per heavy atom. The quantitative estimate of drug-likeness (QED) is 0.755. The molecule has 2 rings (SSSR count). The van der Waals surface area contributed by atoms with Crippen molar-refractivity contribution in [1.29, 1.82) is 0 Å². The lowest BCUT2D eigenvalue weighted by atomic mass is 9.99. The van der Waals surface area contributed by atoms with Crippen LogP contribution in [0.25, 0.3) is 0 Å². The number of carbonyl (C=O) groups excluding carboxylic acids is 1. The van der Waals surface area contributed by atoms with Crippen LogP contribution in [0.4, 0.5) is 0 Å². The van der Waals surface area contributed by atoms with E-state index in [-0.39, 0.29) is 24.1 Å². The first-order valence-corrected chi connectivity index (χ1v) is 7.95. The molecule has 2 heterocycles. The summed E-state index contributed by atoms with van der Waals surface area (Å²) in [4.78, 5) is 13.9. The minimum absolute atomic E-state index is 0.0282. The molecule has 3 atom stereocenters. The van der Waals surface area contributed by atoms with Crippen molar-refractivity contribution in [3.63, 3.8) is 0 Å². The lowest BCUT2D eigenvalue weighted by Crippen LogP contribution is -2.52. The summed E-state index contributed by atoms with van der Waals surface area (Å²) < 4.78 is 22.8. The summed E-state index contributed by atoms with van der Waals surface area (Å²) in [5, 5.41) is 8.66. The van der Waals surface area contributed by atoms with Crippen LogP contribution in [0.15, 0.2) is 0 Å². The molecular weight excluding hydrogens is 242 g/mol. The molecule has 0 radical (unpaired) electrons. The van der Waals surface area contributed by atoms with Crippen molar-refractivity contribution in [2.24, 2.45) is 0 Å². The lowest BCUT2D eigenvalue weighted by molar-refractivity contribution is -0.136. The molecule has 2 aliphatic rings. The van der Waals surface area contributed by atoms with E-state index >= 15 is 0 Å². The second-order valence-corrected chi connectivity index (χ2v) is 7.59. The highest BCUT2D eigenvalue weighted by atomic mass is 32.2. The summed E-state index contributed by atoms with van der Waals surface area (Å²) in [6.45, 7) is 1.45. The number of hydrogen-bond acceptors (Lipinski definition) is 4. The molecule has 0 aromatic heterocycles. The van der Waals surface area contributed by atoms with Gasteiger partial charge in [0.15, 0.2) is 9.84 Å². The molecule has 3 unspecified atom stereocenters. The number of aliphatic hydroxyl groups is 1. The second-order valence-electron chi connectivity index (χ2n) is 5.23. The monoisotopic (exact) mass is 261 g/mol. The molecule has 0 aromatic rings. The van der Waals surface area contributed by atoms with Crippen LogP contribution in [-0.4, -0.2) is 54.0 Å². The van der Waals surface area contributed by atoms with Gasteiger partial charge in [0, 0.05) is 18.3 Å². The average molecular weight is 261 g/mol.